The molecule has 0 aromatic carbocycles. The van der Waals surface area contributed by atoms with Crippen LogP contribution in [0.25, 0.3) is 0 Å². The zero-order valence-electron chi connectivity index (χ0n) is 17.3. The van der Waals surface area contributed by atoms with Gasteiger partial charge in [-0.15, -0.1) is 11.3 Å². The fourth-order valence-corrected chi connectivity index (χ4v) is 5.03. The van der Waals surface area contributed by atoms with Crippen molar-refractivity contribution >= 4 is 34.3 Å². The molecule has 2 aliphatic rings. The second-order valence-corrected chi connectivity index (χ2v) is 8.28. The van der Waals surface area contributed by atoms with E-state index in [1.807, 2.05) is 0 Å². The Labute approximate surface area is 175 Å². The lowest BCUT2D eigenvalue weighted by Crippen LogP contribution is -2.38. The molecule has 3 heterocycles. The second kappa shape index (κ2) is 9.58. The summed E-state index contributed by atoms with van der Waals surface area (Å²) in [6.07, 6.45) is 3.39. The van der Waals surface area contributed by atoms with Crippen LogP contribution in [0.1, 0.15) is 58.7 Å². The van der Waals surface area contributed by atoms with Crippen molar-refractivity contribution < 1.29 is 23.9 Å². The number of ether oxygens (including phenoxy) is 2. The van der Waals surface area contributed by atoms with E-state index in [2.05, 4.69) is 10.2 Å². The molecule has 0 aliphatic carbocycles. The van der Waals surface area contributed by atoms with Crippen molar-refractivity contribution in [1.82, 2.24) is 9.80 Å². The zero-order chi connectivity index (χ0) is 21.0. The fourth-order valence-electron chi connectivity index (χ4n) is 3.95. The summed E-state index contributed by atoms with van der Waals surface area (Å²) in [5, 5.41) is 3.17. The molecule has 0 unspecified atom stereocenters. The highest BCUT2D eigenvalue weighted by Crippen LogP contribution is 2.35. The monoisotopic (exact) mass is 423 g/mol. The van der Waals surface area contributed by atoms with Gasteiger partial charge in [-0.25, -0.2) is 14.4 Å². The maximum absolute atomic E-state index is 12.9. The molecular formula is C20H29N3O5S. The van der Waals surface area contributed by atoms with Gasteiger partial charge in [0.25, 0.3) is 0 Å². The van der Waals surface area contributed by atoms with Gasteiger partial charge in [0, 0.05) is 19.1 Å². The molecule has 1 atom stereocenters. The zero-order valence-corrected chi connectivity index (χ0v) is 18.1. The number of hydrogen-bond donors (Lipinski definition) is 1. The first-order chi connectivity index (χ1) is 14.0. The number of urea groups is 1. The molecule has 0 bridgehead atoms. The van der Waals surface area contributed by atoms with E-state index in [1.54, 1.807) is 25.7 Å². The van der Waals surface area contributed by atoms with Gasteiger partial charge in [0.15, 0.2) is 0 Å². The van der Waals surface area contributed by atoms with E-state index >= 15 is 0 Å². The molecule has 1 N–H and O–H groups in total. The van der Waals surface area contributed by atoms with Crippen LogP contribution in [0.3, 0.4) is 0 Å². The van der Waals surface area contributed by atoms with Gasteiger partial charge in [-0.3, -0.25) is 10.2 Å². The summed E-state index contributed by atoms with van der Waals surface area (Å²) in [5.41, 5.74) is 0.696. The Morgan fingerprint density at radius 1 is 1.07 bits per heavy atom. The Morgan fingerprint density at radius 2 is 1.72 bits per heavy atom. The van der Waals surface area contributed by atoms with Crippen LogP contribution in [0.4, 0.5) is 9.80 Å². The number of carbonyl (C=O) groups is 3. The molecule has 29 heavy (non-hydrogen) atoms. The predicted molar refractivity (Wildman–Crippen MR) is 111 cm³/mol. The standard InChI is InChI=1S/C20H29N3O5S/c1-4-27-18(24)15-13(3)16(19(25)28-5-2)29-17(15)21-20(26)23-11-8-14(12-23)22-9-6-7-10-22/h14H,4-12H2,1-3H3,(H,21,26)/t14-/m1/s1. The molecule has 1 aromatic heterocycles. The van der Waals surface area contributed by atoms with E-state index < -0.39 is 11.9 Å². The Hall–Kier alpha value is -2.13. The number of carbonyl (C=O) groups excluding carboxylic acids is 3. The predicted octanol–water partition coefficient (Wildman–Crippen LogP) is 3.11. The highest BCUT2D eigenvalue weighted by molar-refractivity contribution is 7.18. The van der Waals surface area contributed by atoms with Crippen LogP contribution < -0.4 is 5.32 Å². The molecule has 160 valence electrons. The highest BCUT2D eigenvalue weighted by atomic mass is 32.1. The molecule has 3 rings (SSSR count). The summed E-state index contributed by atoms with van der Waals surface area (Å²) in [7, 11) is 0. The lowest BCUT2D eigenvalue weighted by Gasteiger charge is -2.23. The number of anilines is 1. The van der Waals surface area contributed by atoms with E-state index in [0.717, 1.165) is 30.8 Å². The summed E-state index contributed by atoms with van der Waals surface area (Å²) in [5.74, 6) is -1.06. The molecule has 2 amide bonds. The number of amides is 2. The highest BCUT2D eigenvalue weighted by Gasteiger charge is 2.33. The SMILES string of the molecule is CCOC(=O)c1sc(NC(=O)N2CC[C@@H](N3CCCC3)C2)c(C(=O)OCC)c1C. The van der Waals surface area contributed by atoms with Crippen LogP contribution in [-0.4, -0.2) is 73.2 Å². The lowest BCUT2D eigenvalue weighted by atomic mass is 10.1. The summed E-state index contributed by atoms with van der Waals surface area (Å²) >= 11 is 1.06. The van der Waals surface area contributed by atoms with Gasteiger partial charge in [0.2, 0.25) is 0 Å². The summed E-state index contributed by atoms with van der Waals surface area (Å²) < 4.78 is 10.2. The smallest absolute Gasteiger partial charge is 0.348 e. The topological polar surface area (TPSA) is 88.2 Å². The molecule has 2 saturated heterocycles. The normalized spacial score (nSPS) is 19.4. The van der Waals surface area contributed by atoms with Crippen LogP contribution in [0, 0.1) is 6.92 Å². The Morgan fingerprint density at radius 3 is 2.38 bits per heavy atom. The second-order valence-electron chi connectivity index (χ2n) is 7.26. The number of rotatable bonds is 6. The van der Waals surface area contributed by atoms with E-state index in [1.165, 1.54) is 12.8 Å². The fraction of sp³-hybridized carbons (Fsp3) is 0.650. The van der Waals surface area contributed by atoms with Crippen molar-refractivity contribution in [3.63, 3.8) is 0 Å². The Kier molecular flexibility index (Phi) is 7.13. The Balaban J connectivity index is 1.76. The minimum atomic E-state index is -0.552. The average molecular weight is 424 g/mol. The number of thiophene rings is 1. The molecule has 0 spiro atoms. The Bertz CT molecular complexity index is 772. The number of likely N-dealkylation sites (tertiary alicyclic amines) is 2. The quantitative estimate of drug-likeness (QED) is 0.708. The van der Waals surface area contributed by atoms with Gasteiger partial charge >= 0.3 is 18.0 Å². The number of hydrogen-bond acceptors (Lipinski definition) is 7. The minimum Gasteiger partial charge on any atom is -0.462 e. The molecular weight excluding hydrogens is 394 g/mol. The molecule has 2 fully saturated rings. The maximum atomic E-state index is 12.9. The maximum Gasteiger partial charge on any atom is 0.348 e. The van der Waals surface area contributed by atoms with E-state index in [9.17, 15) is 14.4 Å². The first-order valence-electron chi connectivity index (χ1n) is 10.2. The molecule has 0 saturated carbocycles. The van der Waals surface area contributed by atoms with Gasteiger partial charge in [-0.2, -0.15) is 0 Å². The van der Waals surface area contributed by atoms with Crippen LogP contribution in [0.15, 0.2) is 0 Å². The van der Waals surface area contributed by atoms with Gasteiger partial charge < -0.3 is 14.4 Å². The first kappa shape index (κ1) is 21.6. The summed E-state index contributed by atoms with van der Waals surface area (Å²) in [6, 6.07) is 0.141. The molecule has 2 aliphatic heterocycles. The van der Waals surface area contributed by atoms with E-state index in [4.69, 9.17) is 9.47 Å². The number of esters is 2. The van der Waals surface area contributed by atoms with Crippen molar-refractivity contribution in [2.24, 2.45) is 0 Å². The van der Waals surface area contributed by atoms with Crippen molar-refractivity contribution in [1.29, 1.82) is 0 Å². The number of nitrogens with zero attached hydrogens (tertiary/aromatic N) is 2. The lowest BCUT2D eigenvalue weighted by molar-refractivity contribution is 0.0527. The molecule has 9 heteroatoms. The summed E-state index contributed by atoms with van der Waals surface area (Å²) in [4.78, 5) is 42.1. The summed E-state index contributed by atoms with van der Waals surface area (Å²) in [6.45, 7) is 9.10. The van der Waals surface area contributed by atoms with Crippen molar-refractivity contribution in [3.8, 4) is 0 Å². The third kappa shape index (κ3) is 4.72. The molecule has 8 nitrogen and oxygen atoms in total. The van der Waals surface area contributed by atoms with Crippen molar-refractivity contribution in [2.45, 2.75) is 46.1 Å². The van der Waals surface area contributed by atoms with Crippen LogP contribution in [0.2, 0.25) is 0 Å². The number of nitrogens with one attached hydrogen (secondary N) is 1. The first-order valence-corrected chi connectivity index (χ1v) is 11.1. The van der Waals surface area contributed by atoms with Crippen molar-refractivity contribution in [3.05, 3.63) is 16.0 Å². The van der Waals surface area contributed by atoms with Crippen molar-refractivity contribution in [2.75, 3.05) is 44.7 Å². The van der Waals surface area contributed by atoms with E-state index in [0.29, 0.717) is 34.6 Å². The van der Waals surface area contributed by atoms with Gasteiger partial charge in [0.05, 0.1) is 18.8 Å². The molecule has 1 aromatic rings. The third-order valence-electron chi connectivity index (χ3n) is 5.42. The molecule has 0 radical (unpaired) electrons. The van der Waals surface area contributed by atoms with Gasteiger partial charge in [-0.05, 0) is 58.7 Å². The van der Waals surface area contributed by atoms with E-state index in [-0.39, 0.29) is 24.8 Å². The average Bonchev–Trinajstić information content (AvgIpc) is 3.42. The van der Waals surface area contributed by atoms with Gasteiger partial charge in [-0.1, -0.05) is 0 Å². The van der Waals surface area contributed by atoms with Crippen LogP contribution >= 0.6 is 11.3 Å². The van der Waals surface area contributed by atoms with Crippen LogP contribution in [0.5, 0.6) is 0 Å². The van der Waals surface area contributed by atoms with Crippen LogP contribution in [-0.2, 0) is 9.47 Å². The third-order valence-corrected chi connectivity index (χ3v) is 6.60. The largest absolute Gasteiger partial charge is 0.462 e. The van der Waals surface area contributed by atoms with Gasteiger partial charge in [0.1, 0.15) is 9.88 Å². The minimum absolute atomic E-state index is 0.208.